The van der Waals surface area contributed by atoms with Crippen molar-refractivity contribution in [2.24, 2.45) is 39.7 Å². The molecule has 5 aliphatic rings. The number of carboxylic acids is 1. The van der Waals surface area contributed by atoms with Crippen molar-refractivity contribution >= 4 is 23.4 Å². The van der Waals surface area contributed by atoms with Crippen LogP contribution < -0.4 is 0 Å². The molecule has 4 fully saturated rings. The largest absolute Gasteiger partial charge is 0.480 e. The fourth-order valence-electron chi connectivity index (χ4n) is 8.89. The summed E-state index contributed by atoms with van der Waals surface area (Å²) in [5, 5.41) is 13.6. The van der Waals surface area contributed by atoms with Gasteiger partial charge in [-0.05, 0) is 106 Å². The lowest BCUT2D eigenvalue weighted by atomic mass is 9.46. The van der Waals surface area contributed by atoms with E-state index in [2.05, 4.69) is 25.1 Å². The number of Topliss-reactive ketones (excluding diaryl/α,β-unsaturated/α-hetero) is 1. The first-order valence-corrected chi connectivity index (χ1v) is 13.6. The predicted molar refractivity (Wildman–Crippen MR) is 132 cm³/mol. The second-order valence-electron chi connectivity index (χ2n) is 12.2. The van der Waals surface area contributed by atoms with E-state index in [4.69, 9.17) is 4.84 Å². The summed E-state index contributed by atoms with van der Waals surface area (Å²) in [6, 6.07) is -0.741. The highest BCUT2D eigenvalue weighted by atomic mass is 16.6. The van der Waals surface area contributed by atoms with Crippen LogP contribution in [0, 0.1) is 34.5 Å². The number of allylic oxidation sites excluding steroid dienone is 2. The molecule has 0 unspecified atom stereocenters. The highest BCUT2D eigenvalue weighted by Crippen LogP contribution is 2.66. The molecule has 0 spiro atoms. The van der Waals surface area contributed by atoms with Gasteiger partial charge in [0.05, 0.1) is 5.71 Å². The minimum atomic E-state index is -0.952. The number of rotatable bonds is 5. The number of aliphatic carboxylic acids is 1. The van der Waals surface area contributed by atoms with E-state index in [-0.39, 0.29) is 29.3 Å². The quantitative estimate of drug-likeness (QED) is 0.575. The average Bonchev–Trinajstić information content (AvgIpc) is 3.44. The Morgan fingerprint density at radius 2 is 1.89 bits per heavy atom. The molecular weight excluding hydrogens is 444 g/mol. The Morgan fingerprint density at radius 3 is 2.63 bits per heavy atom. The first-order valence-electron chi connectivity index (χ1n) is 13.6. The number of ketones is 1. The molecule has 7 atom stereocenters. The van der Waals surface area contributed by atoms with Gasteiger partial charge in [-0.2, -0.15) is 0 Å². The second kappa shape index (κ2) is 9.04. The zero-order valence-corrected chi connectivity index (χ0v) is 21.4. The highest BCUT2D eigenvalue weighted by Gasteiger charge is 2.59. The first kappa shape index (κ1) is 24.5. The Morgan fingerprint density at radius 1 is 1.09 bits per heavy atom. The zero-order valence-electron chi connectivity index (χ0n) is 21.4. The molecule has 192 valence electrons. The highest BCUT2D eigenvalue weighted by molar-refractivity contribution is 5.96. The van der Waals surface area contributed by atoms with Gasteiger partial charge in [-0.1, -0.05) is 24.6 Å². The fraction of sp³-hybridized carbons (Fsp3) is 0.786. The smallest absolute Gasteiger partial charge is 0.326 e. The van der Waals surface area contributed by atoms with Crippen LogP contribution in [0.25, 0.3) is 0 Å². The zero-order chi connectivity index (χ0) is 25.0. The molecule has 0 bridgehead atoms. The molecule has 35 heavy (non-hydrogen) atoms. The van der Waals surface area contributed by atoms with Crippen LogP contribution in [0.2, 0.25) is 0 Å². The van der Waals surface area contributed by atoms with Crippen LogP contribution in [0.4, 0.5) is 0 Å². The van der Waals surface area contributed by atoms with Crippen LogP contribution in [-0.4, -0.2) is 52.6 Å². The summed E-state index contributed by atoms with van der Waals surface area (Å²) in [6.45, 7) is 6.88. The molecule has 1 amide bonds. The van der Waals surface area contributed by atoms with Crippen molar-refractivity contribution in [3.8, 4) is 0 Å². The molecule has 7 heteroatoms. The van der Waals surface area contributed by atoms with Crippen LogP contribution in [0.15, 0.2) is 16.8 Å². The van der Waals surface area contributed by atoms with Crippen LogP contribution in [0.3, 0.4) is 0 Å². The minimum Gasteiger partial charge on any atom is -0.480 e. The van der Waals surface area contributed by atoms with Crippen molar-refractivity contribution < 1.29 is 24.3 Å². The van der Waals surface area contributed by atoms with E-state index >= 15 is 0 Å². The van der Waals surface area contributed by atoms with E-state index < -0.39 is 12.0 Å². The summed E-state index contributed by atoms with van der Waals surface area (Å²) in [6.07, 6.45) is 12.2. The number of oxime groups is 1. The number of hydrogen-bond acceptors (Lipinski definition) is 5. The lowest BCUT2D eigenvalue weighted by Gasteiger charge is -2.58. The SMILES string of the molecule is CC(=O)[C@@H]1CC[C@H]2[C@@H]3CCC4=C/C(=N/OCC(=O)N5CCC[C@H]5C(=O)O)CC[C@]4(C)[C@H]3CC[C@]12C. The van der Waals surface area contributed by atoms with Gasteiger partial charge in [0.2, 0.25) is 0 Å². The Labute approximate surface area is 208 Å². The maximum Gasteiger partial charge on any atom is 0.326 e. The number of carboxylic acid groups (broad SMARTS) is 1. The van der Waals surface area contributed by atoms with Gasteiger partial charge in [0.15, 0.2) is 6.61 Å². The number of hydrogen-bond donors (Lipinski definition) is 1. The van der Waals surface area contributed by atoms with Crippen LogP contribution in [0.1, 0.15) is 85.0 Å². The summed E-state index contributed by atoms with van der Waals surface area (Å²) < 4.78 is 0. The maximum absolute atomic E-state index is 12.5. The van der Waals surface area contributed by atoms with Gasteiger partial charge in [0.25, 0.3) is 5.91 Å². The summed E-state index contributed by atoms with van der Waals surface area (Å²) in [5.41, 5.74) is 2.71. The Hall–Kier alpha value is -2.18. The number of likely N-dealkylation sites (tertiary alicyclic amines) is 1. The van der Waals surface area contributed by atoms with Gasteiger partial charge in [-0.15, -0.1) is 0 Å². The standard InChI is InChI=1S/C28H40N2O5/c1-17(31)21-8-9-22-20-7-6-18-15-19(10-12-27(18,2)23(20)11-13-28(21,22)3)29-35-16-25(32)30-14-4-5-24(30)26(33)34/h15,20-24H,4-14,16H2,1-3H3,(H,33,34)/b29-19+/t20-,21-,22-,23-,24-,27-,28+/m0/s1. The molecule has 1 N–H and O–H groups in total. The third-order valence-corrected chi connectivity index (χ3v) is 10.7. The fourth-order valence-corrected chi connectivity index (χ4v) is 8.89. The van der Waals surface area contributed by atoms with Crippen LogP contribution in [0.5, 0.6) is 0 Å². The third kappa shape index (κ3) is 4.03. The predicted octanol–water partition coefficient (Wildman–Crippen LogP) is 4.60. The van der Waals surface area contributed by atoms with Gasteiger partial charge in [-0.25, -0.2) is 4.79 Å². The molecule has 0 aromatic rings. The molecule has 5 rings (SSSR count). The molecule has 0 radical (unpaired) electrons. The molecule has 1 aliphatic heterocycles. The minimum absolute atomic E-state index is 0.178. The topological polar surface area (TPSA) is 96.3 Å². The van der Waals surface area contributed by atoms with Crippen molar-refractivity contribution in [1.29, 1.82) is 0 Å². The second-order valence-corrected chi connectivity index (χ2v) is 12.2. The monoisotopic (exact) mass is 484 g/mol. The lowest BCUT2D eigenvalue weighted by Crippen LogP contribution is -2.51. The molecule has 7 nitrogen and oxygen atoms in total. The number of carbonyl (C=O) groups excluding carboxylic acids is 2. The number of amides is 1. The van der Waals surface area contributed by atoms with E-state index in [1.54, 1.807) is 6.92 Å². The summed E-state index contributed by atoms with van der Waals surface area (Å²) in [7, 11) is 0. The van der Waals surface area contributed by atoms with E-state index in [9.17, 15) is 19.5 Å². The number of carbonyl (C=O) groups is 3. The van der Waals surface area contributed by atoms with Crippen molar-refractivity contribution in [2.75, 3.05) is 13.2 Å². The summed E-state index contributed by atoms with van der Waals surface area (Å²) >= 11 is 0. The molecule has 3 saturated carbocycles. The van der Waals surface area contributed by atoms with Gasteiger partial charge in [-0.3, -0.25) is 9.59 Å². The number of nitrogens with zero attached hydrogens (tertiary/aromatic N) is 2. The van der Waals surface area contributed by atoms with Crippen molar-refractivity contribution in [3.63, 3.8) is 0 Å². The van der Waals surface area contributed by atoms with E-state index in [1.807, 2.05) is 0 Å². The molecule has 1 saturated heterocycles. The first-order chi connectivity index (χ1) is 16.6. The van der Waals surface area contributed by atoms with E-state index in [0.29, 0.717) is 42.9 Å². The van der Waals surface area contributed by atoms with E-state index in [0.717, 1.165) is 37.8 Å². The van der Waals surface area contributed by atoms with Crippen LogP contribution >= 0.6 is 0 Å². The summed E-state index contributed by atoms with van der Waals surface area (Å²) in [5.74, 6) is 1.41. The van der Waals surface area contributed by atoms with Gasteiger partial charge in [0.1, 0.15) is 11.8 Å². The average molecular weight is 485 g/mol. The molecular formula is C28H40N2O5. The van der Waals surface area contributed by atoms with Gasteiger partial charge in [0, 0.05) is 12.5 Å². The molecule has 0 aromatic carbocycles. The maximum atomic E-state index is 12.5. The Kier molecular flexibility index (Phi) is 6.33. The van der Waals surface area contributed by atoms with E-state index in [1.165, 1.54) is 29.7 Å². The Bertz CT molecular complexity index is 972. The normalized spacial score (nSPS) is 41.6. The number of fused-ring (bicyclic) bond motifs is 5. The molecule has 0 aromatic heterocycles. The third-order valence-electron chi connectivity index (χ3n) is 10.7. The summed E-state index contributed by atoms with van der Waals surface area (Å²) in [4.78, 5) is 43.0. The van der Waals surface area contributed by atoms with Crippen molar-refractivity contribution in [2.45, 2.75) is 91.0 Å². The van der Waals surface area contributed by atoms with Crippen LogP contribution in [-0.2, 0) is 19.2 Å². The van der Waals surface area contributed by atoms with Gasteiger partial charge >= 0.3 is 5.97 Å². The van der Waals surface area contributed by atoms with Crippen molar-refractivity contribution in [1.82, 2.24) is 4.90 Å². The van der Waals surface area contributed by atoms with Crippen molar-refractivity contribution in [3.05, 3.63) is 11.6 Å². The molecule has 4 aliphatic carbocycles. The Balaban J connectivity index is 1.24. The molecule has 1 heterocycles. The van der Waals surface area contributed by atoms with Gasteiger partial charge < -0.3 is 14.8 Å². The lowest BCUT2D eigenvalue weighted by molar-refractivity contribution is -0.150.